The molecule has 5 nitrogen and oxygen atoms in total. The molecule has 1 aromatic heterocycles. The Hall–Kier alpha value is -2.56. The third-order valence-corrected chi connectivity index (χ3v) is 3.96. The van der Waals surface area contributed by atoms with Crippen molar-refractivity contribution in [3.63, 3.8) is 0 Å². The third kappa shape index (κ3) is 3.19. The van der Waals surface area contributed by atoms with Gasteiger partial charge < -0.3 is 14.7 Å². The maximum Gasteiger partial charge on any atom is 0.407 e. The van der Waals surface area contributed by atoms with Crippen molar-refractivity contribution in [3.05, 3.63) is 54.2 Å². The summed E-state index contributed by atoms with van der Waals surface area (Å²) in [5.41, 5.74) is 1.05. The van der Waals surface area contributed by atoms with E-state index in [0.717, 1.165) is 24.2 Å². The lowest BCUT2D eigenvalue weighted by molar-refractivity contribution is 0.132. The molecule has 5 heteroatoms. The number of carboxylic acid groups (broad SMARTS) is 1. The number of para-hydroxylation sites is 1. The Morgan fingerprint density at radius 3 is 2.55 bits per heavy atom. The van der Waals surface area contributed by atoms with Crippen molar-refractivity contribution in [2.45, 2.75) is 18.8 Å². The van der Waals surface area contributed by atoms with E-state index in [1.54, 1.807) is 6.20 Å². The molecule has 1 aliphatic heterocycles. The van der Waals surface area contributed by atoms with Gasteiger partial charge in [-0.25, -0.2) is 9.78 Å². The molecule has 3 rings (SSSR count). The summed E-state index contributed by atoms with van der Waals surface area (Å²) in [7, 11) is 0. The fourth-order valence-corrected chi connectivity index (χ4v) is 2.78. The molecule has 0 radical (unpaired) electrons. The topological polar surface area (TPSA) is 62.7 Å². The van der Waals surface area contributed by atoms with Gasteiger partial charge in [-0.1, -0.05) is 24.3 Å². The summed E-state index contributed by atoms with van der Waals surface area (Å²) in [5.74, 6) is 1.65. The minimum absolute atomic E-state index is 0.281. The SMILES string of the molecule is O=C(O)N1CCC(c2cccnc2Oc2ccccc2)CC1. The lowest BCUT2D eigenvalue weighted by Gasteiger charge is -2.30. The van der Waals surface area contributed by atoms with Crippen LogP contribution in [-0.4, -0.2) is 34.2 Å². The van der Waals surface area contributed by atoms with Crippen LogP contribution in [-0.2, 0) is 0 Å². The number of hydrogen-bond donors (Lipinski definition) is 1. The normalized spacial score (nSPS) is 15.5. The number of amides is 1. The summed E-state index contributed by atoms with van der Waals surface area (Å²) in [6.07, 6.45) is 2.46. The molecular weight excluding hydrogens is 280 g/mol. The van der Waals surface area contributed by atoms with Crippen molar-refractivity contribution in [3.8, 4) is 11.6 Å². The van der Waals surface area contributed by atoms with Crippen LogP contribution < -0.4 is 4.74 Å². The van der Waals surface area contributed by atoms with Crippen LogP contribution in [0.4, 0.5) is 4.79 Å². The first kappa shape index (κ1) is 14.4. The van der Waals surface area contributed by atoms with Crippen LogP contribution in [0.3, 0.4) is 0 Å². The van der Waals surface area contributed by atoms with Gasteiger partial charge in [0.2, 0.25) is 5.88 Å². The lowest BCUT2D eigenvalue weighted by atomic mass is 9.90. The van der Waals surface area contributed by atoms with E-state index in [4.69, 9.17) is 9.84 Å². The monoisotopic (exact) mass is 298 g/mol. The molecule has 22 heavy (non-hydrogen) atoms. The van der Waals surface area contributed by atoms with Crippen molar-refractivity contribution in [1.82, 2.24) is 9.88 Å². The number of likely N-dealkylation sites (tertiary alicyclic amines) is 1. The lowest BCUT2D eigenvalue weighted by Crippen LogP contribution is -2.36. The Morgan fingerprint density at radius 2 is 1.86 bits per heavy atom. The van der Waals surface area contributed by atoms with Gasteiger partial charge in [-0.05, 0) is 37.0 Å². The highest BCUT2D eigenvalue weighted by molar-refractivity contribution is 5.65. The summed E-state index contributed by atoms with van der Waals surface area (Å²) in [6, 6.07) is 13.5. The maximum atomic E-state index is 11.0. The fraction of sp³-hybridized carbons (Fsp3) is 0.294. The Kier molecular flexibility index (Phi) is 4.23. The molecule has 1 N–H and O–H groups in total. The van der Waals surface area contributed by atoms with E-state index < -0.39 is 6.09 Å². The van der Waals surface area contributed by atoms with Crippen LogP contribution in [0.25, 0.3) is 0 Å². The number of hydrogen-bond acceptors (Lipinski definition) is 3. The maximum absolute atomic E-state index is 11.0. The van der Waals surface area contributed by atoms with Crippen molar-refractivity contribution < 1.29 is 14.6 Å². The number of carbonyl (C=O) groups is 1. The first-order valence-corrected chi connectivity index (χ1v) is 7.40. The largest absolute Gasteiger partial charge is 0.465 e. The van der Waals surface area contributed by atoms with Crippen LogP contribution in [0.15, 0.2) is 48.7 Å². The third-order valence-electron chi connectivity index (χ3n) is 3.96. The molecule has 1 aliphatic rings. The van der Waals surface area contributed by atoms with Gasteiger partial charge in [-0.2, -0.15) is 0 Å². The van der Waals surface area contributed by atoms with Crippen molar-refractivity contribution in [2.75, 3.05) is 13.1 Å². The average Bonchev–Trinajstić information content (AvgIpc) is 2.56. The van der Waals surface area contributed by atoms with E-state index in [2.05, 4.69) is 4.98 Å². The van der Waals surface area contributed by atoms with E-state index >= 15 is 0 Å². The zero-order chi connectivity index (χ0) is 15.4. The molecule has 0 spiro atoms. The summed E-state index contributed by atoms with van der Waals surface area (Å²) < 4.78 is 5.90. The molecule has 1 fully saturated rings. The molecule has 0 unspecified atom stereocenters. The number of benzene rings is 1. The van der Waals surface area contributed by atoms with E-state index in [0.29, 0.717) is 19.0 Å². The Bertz CT molecular complexity index is 637. The van der Waals surface area contributed by atoms with Gasteiger partial charge in [0.15, 0.2) is 0 Å². The molecule has 0 saturated carbocycles. The van der Waals surface area contributed by atoms with Gasteiger partial charge in [0.25, 0.3) is 0 Å². The van der Waals surface area contributed by atoms with E-state index in [9.17, 15) is 4.79 Å². The van der Waals surface area contributed by atoms with E-state index in [1.807, 2.05) is 42.5 Å². The van der Waals surface area contributed by atoms with Crippen LogP contribution in [0.5, 0.6) is 11.6 Å². The van der Waals surface area contributed by atoms with Crippen LogP contribution >= 0.6 is 0 Å². The second-order valence-electron chi connectivity index (χ2n) is 5.36. The fourth-order valence-electron chi connectivity index (χ4n) is 2.78. The predicted octanol–water partition coefficient (Wildman–Crippen LogP) is 3.73. The first-order chi connectivity index (χ1) is 10.7. The number of pyridine rings is 1. The van der Waals surface area contributed by atoms with Crippen molar-refractivity contribution in [2.24, 2.45) is 0 Å². The minimum Gasteiger partial charge on any atom is -0.465 e. The second-order valence-corrected chi connectivity index (χ2v) is 5.36. The zero-order valence-electron chi connectivity index (χ0n) is 12.2. The smallest absolute Gasteiger partial charge is 0.407 e. The van der Waals surface area contributed by atoms with Crippen LogP contribution in [0.1, 0.15) is 24.3 Å². The number of rotatable bonds is 3. The zero-order valence-corrected chi connectivity index (χ0v) is 12.2. The molecular formula is C17H18N2O3. The molecule has 2 heterocycles. The van der Waals surface area contributed by atoms with E-state index in [-0.39, 0.29) is 5.92 Å². The molecule has 0 aliphatic carbocycles. The minimum atomic E-state index is -0.842. The first-order valence-electron chi connectivity index (χ1n) is 7.40. The molecule has 0 atom stereocenters. The van der Waals surface area contributed by atoms with Crippen molar-refractivity contribution >= 4 is 6.09 Å². The van der Waals surface area contributed by atoms with Gasteiger partial charge in [0.1, 0.15) is 5.75 Å². The van der Waals surface area contributed by atoms with E-state index in [1.165, 1.54) is 4.90 Å². The molecule has 114 valence electrons. The highest BCUT2D eigenvalue weighted by Crippen LogP contribution is 2.34. The highest BCUT2D eigenvalue weighted by atomic mass is 16.5. The quantitative estimate of drug-likeness (QED) is 0.937. The van der Waals surface area contributed by atoms with Crippen molar-refractivity contribution in [1.29, 1.82) is 0 Å². The van der Waals surface area contributed by atoms with Gasteiger partial charge in [0.05, 0.1) is 0 Å². The molecule has 0 bridgehead atoms. The molecule has 1 aromatic carbocycles. The van der Waals surface area contributed by atoms with Gasteiger partial charge in [-0.15, -0.1) is 0 Å². The van der Waals surface area contributed by atoms with Gasteiger partial charge >= 0.3 is 6.09 Å². The average molecular weight is 298 g/mol. The molecule has 2 aromatic rings. The van der Waals surface area contributed by atoms with Gasteiger partial charge in [0, 0.05) is 24.8 Å². The molecule has 1 saturated heterocycles. The second kappa shape index (κ2) is 6.47. The Labute approximate surface area is 129 Å². The van der Waals surface area contributed by atoms with Crippen LogP contribution in [0.2, 0.25) is 0 Å². The number of piperidine rings is 1. The highest BCUT2D eigenvalue weighted by Gasteiger charge is 2.25. The Balaban J connectivity index is 1.76. The number of aromatic nitrogens is 1. The summed E-state index contributed by atoms with van der Waals surface area (Å²) >= 11 is 0. The Morgan fingerprint density at radius 1 is 1.14 bits per heavy atom. The summed E-state index contributed by atoms with van der Waals surface area (Å²) in [5, 5.41) is 9.03. The molecule has 1 amide bonds. The van der Waals surface area contributed by atoms with Gasteiger partial charge in [-0.3, -0.25) is 0 Å². The van der Waals surface area contributed by atoms with Crippen LogP contribution in [0, 0.1) is 0 Å². The number of nitrogens with zero attached hydrogens (tertiary/aromatic N) is 2. The predicted molar refractivity (Wildman–Crippen MR) is 82.3 cm³/mol. The summed E-state index contributed by atoms with van der Waals surface area (Å²) in [4.78, 5) is 16.8. The standard InChI is InChI=1S/C17H18N2O3/c20-17(21)19-11-8-13(9-12-19)15-7-4-10-18-16(15)22-14-5-2-1-3-6-14/h1-7,10,13H,8-9,11-12H2,(H,20,21). The summed E-state index contributed by atoms with van der Waals surface area (Å²) in [6.45, 7) is 1.11. The number of ether oxygens (including phenoxy) is 1.